The van der Waals surface area contributed by atoms with Crippen LogP contribution >= 0.6 is 11.3 Å². The summed E-state index contributed by atoms with van der Waals surface area (Å²) in [5.74, 6) is 0.679. The Morgan fingerprint density at radius 2 is 1.71 bits per heavy atom. The fourth-order valence-corrected chi connectivity index (χ4v) is 4.34. The Hall–Kier alpha value is -1.88. The molecule has 3 rings (SSSR count). The van der Waals surface area contributed by atoms with E-state index in [0.717, 1.165) is 20.5 Å². The van der Waals surface area contributed by atoms with Crippen molar-refractivity contribution in [1.29, 1.82) is 0 Å². The smallest absolute Gasteiger partial charge is 0.264 e. The molecule has 2 aromatic rings. The Kier molecular flexibility index (Phi) is 4.90. The second-order valence-corrected chi connectivity index (χ2v) is 7.88. The van der Waals surface area contributed by atoms with Crippen LogP contribution in [0.25, 0.3) is 10.1 Å². The molecule has 1 saturated heterocycles. The first-order valence-corrected chi connectivity index (χ1v) is 9.34. The predicted molar refractivity (Wildman–Crippen MR) is 98.5 cm³/mol. The number of piperazine rings is 1. The van der Waals surface area contributed by atoms with E-state index < -0.39 is 0 Å². The molecule has 1 aliphatic rings. The van der Waals surface area contributed by atoms with Crippen molar-refractivity contribution in [3.8, 4) is 0 Å². The van der Waals surface area contributed by atoms with Crippen molar-refractivity contribution < 1.29 is 9.59 Å². The number of nitrogens with zero attached hydrogens (tertiary/aromatic N) is 2. The molecule has 0 bridgehead atoms. The van der Waals surface area contributed by atoms with Gasteiger partial charge < -0.3 is 9.80 Å². The van der Waals surface area contributed by atoms with E-state index >= 15 is 0 Å². The lowest BCUT2D eigenvalue weighted by Gasteiger charge is -2.35. The van der Waals surface area contributed by atoms with E-state index in [4.69, 9.17) is 0 Å². The first kappa shape index (κ1) is 17.0. The third-order valence-electron chi connectivity index (χ3n) is 4.54. The minimum Gasteiger partial charge on any atom is -0.339 e. The van der Waals surface area contributed by atoms with Crippen molar-refractivity contribution >= 4 is 33.2 Å². The number of carbonyl (C=O) groups excluding carboxylic acids is 2. The van der Waals surface area contributed by atoms with Gasteiger partial charge in [-0.1, -0.05) is 32.0 Å². The number of hydrogen-bond acceptors (Lipinski definition) is 3. The number of fused-ring (bicyclic) bond motifs is 1. The Morgan fingerprint density at radius 3 is 2.33 bits per heavy atom. The molecule has 0 unspecified atom stereocenters. The van der Waals surface area contributed by atoms with Crippen LogP contribution in [0.3, 0.4) is 0 Å². The highest BCUT2D eigenvalue weighted by molar-refractivity contribution is 7.21. The summed E-state index contributed by atoms with van der Waals surface area (Å²) in [4.78, 5) is 29.6. The van der Waals surface area contributed by atoms with Crippen LogP contribution in [0.4, 0.5) is 0 Å². The quantitative estimate of drug-likeness (QED) is 0.854. The van der Waals surface area contributed by atoms with Crippen LogP contribution in [-0.2, 0) is 4.79 Å². The Morgan fingerprint density at radius 1 is 1.08 bits per heavy atom. The van der Waals surface area contributed by atoms with Gasteiger partial charge in [-0.05, 0) is 29.9 Å². The molecule has 1 aromatic heterocycles. The Bertz CT molecular complexity index is 758. The van der Waals surface area contributed by atoms with Crippen LogP contribution in [0.2, 0.25) is 0 Å². The second-order valence-electron chi connectivity index (χ2n) is 6.82. The van der Waals surface area contributed by atoms with Crippen molar-refractivity contribution in [2.75, 3.05) is 26.2 Å². The van der Waals surface area contributed by atoms with Crippen LogP contribution < -0.4 is 0 Å². The van der Waals surface area contributed by atoms with Crippen molar-refractivity contribution in [3.05, 3.63) is 34.7 Å². The van der Waals surface area contributed by atoms with Gasteiger partial charge in [-0.25, -0.2) is 0 Å². The maximum Gasteiger partial charge on any atom is 0.264 e. The average Bonchev–Trinajstić information content (AvgIpc) is 2.91. The zero-order chi connectivity index (χ0) is 17.3. The molecule has 0 aliphatic carbocycles. The SMILES string of the molecule is Cc1c(C(=O)N2CCN(C(=O)CC(C)C)CC2)sc2ccccc12. The third-order valence-corrected chi connectivity index (χ3v) is 5.80. The largest absolute Gasteiger partial charge is 0.339 e. The number of carbonyl (C=O) groups is 2. The summed E-state index contributed by atoms with van der Waals surface area (Å²) in [6, 6.07) is 8.15. The maximum absolute atomic E-state index is 12.9. The van der Waals surface area contributed by atoms with Crippen molar-refractivity contribution in [2.45, 2.75) is 27.2 Å². The van der Waals surface area contributed by atoms with Gasteiger partial charge in [0.1, 0.15) is 0 Å². The molecule has 0 atom stereocenters. The van der Waals surface area contributed by atoms with Gasteiger partial charge in [-0.3, -0.25) is 9.59 Å². The zero-order valence-electron chi connectivity index (χ0n) is 14.5. The highest BCUT2D eigenvalue weighted by Crippen LogP contribution is 2.31. The van der Waals surface area contributed by atoms with E-state index in [9.17, 15) is 9.59 Å². The molecule has 0 spiro atoms. The lowest BCUT2D eigenvalue weighted by Crippen LogP contribution is -2.50. The molecule has 1 aliphatic heterocycles. The first-order valence-electron chi connectivity index (χ1n) is 8.52. The summed E-state index contributed by atoms with van der Waals surface area (Å²) in [6.45, 7) is 8.66. The summed E-state index contributed by atoms with van der Waals surface area (Å²) < 4.78 is 1.16. The summed E-state index contributed by atoms with van der Waals surface area (Å²) in [7, 11) is 0. The van der Waals surface area contributed by atoms with Crippen LogP contribution in [0, 0.1) is 12.8 Å². The fourth-order valence-electron chi connectivity index (χ4n) is 3.16. The van der Waals surface area contributed by atoms with Crippen LogP contribution in [0.1, 0.15) is 35.5 Å². The van der Waals surface area contributed by atoms with Crippen LogP contribution in [-0.4, -0.2) is 47.8 Å². The van der Waals surface area contributed by atoms with Crippen molar-refractivity contribution in [3.63, 3.8) is 0 Å². The zero-order valence-corrected chi connectivity index (χ0v) is 15.4. The summed E-state index contributed by atoms with van der Waals surface area (Å²) in [5, 5.41) is 1.16. The molecule has 4 nitrogen and oxygen atoms in total. The number of benzene rings is 1. The predicted octanol–water partition coefficient (Wildman–Crippen LogP) is 3.54. The van der Waals surface area contributed by atoms with Gasteiger partial charge in [0.2, 0.25) is 5.91 Å². The Balaban J connectivity index is 1.68. The van der Waals surface area contributed by atoms with Gasteiger partial charge in [-0.2, -0.15) is 0 Å². The number of aryl methyl sites for hydroxylation is 1. The molecular weight excluding hydrogens is 320 g/mol. The van der Waals surface area contributed by atoms with Gasteiger partial charge in [0.25, 0.3) is 5.91 Å². The molecule has 5 heteroatoms. The highest BCUT2D eigenvalue weighted by Gasteiger charge is 2.27. The molecule has 0 N–H and O–H groups in total. The maximum atomic E-state index is 12.9. The third kappa shape index (κ3) is 3.31. The second kappa shape index (κ2) is 6.93. The standard InChI is InChI=1S/C19H24N2O2S/c1-13(2)12-17(22)20-8-10-21(11-9-20)19(23)18-14(3)15-6-4-5-7-16(15)24-18/h4-7,13H,8-12H2,1-3H3. The van der Waals surface area contributed by atoms with E-state index in [-0.39, 0.29) is 11.8 Å². The first-order chi connectivity index (χ1) is 11.5. The number of hydrogen-bond donors (Lipinski definition) is 0. The minimum absolute atomic E-state index is 0.102. The molecule has 1 fully saturated rings. The van der Waals surface area contributed by atoms with Gasteiger partial charge >= 0.3 is 0 Å². The normalized spacial score (nSPS) is 15.3. The summed E-state index contributed by atoms with van der Waals surface area (Å²) in [5.41, 5.74) is 1.07. The molecule has 24 heavy (non-hydrogen) atoms. The van der Waals surface area contributed by atoms with E-state index in [1.807, 2.05) is 28.9 Å². The van der Waals surface area contributed by atoms with E-state index in [1.165, 1.54) is 0 Å². The van der Waals surface area contributed by atoms with Crippen molar-refractivity contribution in [2.24, 2.45) is 5.92 Å². The molecule has 128 valence electrons. The lowest BCUT2D eigenvalue weighted by molar-refractivity contribution is -0.133. The molecule has 0 radical (unpaired) electrons. The van der Waals surface area contributed by atoms with Crippen LogP contribution in [0.15, 0.2) is 24.3 Å². The fraction of sp³-hybridized carbons (Fsp3) is 0.474. The monoisotopic (exact) mass is 344 g/mol. The topological polar surface area (TPSA) is 40.6 Å². The minimum atomic E-state index is 0.102. The van der Waals surface area contributed by atoms with E-state index in [2.05, 4.69) is 26.0 Å². The molecule has 2 amide bonds. The van der Waals surface area contributed by atoms with Crippen molar-refractivity contribution in [1.82, 2.24) is 9.80 Å². The lowest BCUT2D eigenvalue weighted by atomic mass is 10.1. The average molecular weight is 344 g/mol. The number of rotatable bonds is 3. The molecular formula is C19H24N2O2S. The summed E-state index contributed by atoms with van der Waals surface area (Å²) in [6.07, 6.45) is 0.587. The summed E-state index contributed by atoms with van der Waals surface area (Å²) >= 11 is 1.57. The molecule has 1 aromatic carbocycles. The highest BCUT2D eigenvalue weighted by atomic mass is 32.1. The van der Waals surface area contributed by atoms with E-state index in [1.54, 1.807) is 11.3 Å². The van der Waals surface area contributed by atoms with E-state index in [0.29, 0.717) is 38.5 Å². The number of thiophene rings is 1. The van der Waals surface area contributed by atoms with Gasteiger partial charge in [0.15, 0.2) is 0 Å². The Labute approximate surface area is 147 Å². The molecule has 2 heterocycles. The van der Waals surface area contributed by atoms with Gasteiger partial charge in [-0.15, -0.1) is 11.3 Å². The van der Waals surface area contributed by atoms with Gasteiger partial charge in [0.05, 0.1) is 4.88 Å². The molecule has 0 saturated carbocycles. The van der Waals surface area contributed by atoms with Gasteiger partial charge in [0, 0.05) is 37.3 Å². The van der Waals surface area contributed by atoms with Crippen LogP contribution in [0.5, 0.6) is 0 Å². The number of amides is 2.